The zero-order valence-corrected chi connectivity index (χ0v) is 12.9. The molecule has 2 heterocycles. The molecule has 0 bridgehead atoms. The first-order chi connectivity index (χ1) is 11.2. The molecule has 4 rings (SSSR count). The number of nitrogens with two attached hydrogens (primary N) is 1. The van der Waals surface area contributed by atoms with E-state index in [1.807, 2.05) is 54.5 Å². The number of nitrogen functional groups attached to an aromatic ring is 1. The summed E-state index contributed by atoms with van der Waals surface area (Å²) in [5.41, 5.74) is 9.89. The number of imidazole rings is 1. The number of benzene rings is 1. The highest BCUT2D eigenvalue weighted by Gasteiger charge is 2.28. The molecule has 1 aromatic heterocycles. The van der Waals surface area contributed by atoms with Crippen molar-refractivity contribution in [3.8, 4) is 5.75 Å². The first-order valence-corrected chi connectivity index (χ1v) is 7.67. The number of nitrogens with zero attached hydrogens (tertiary/aromatic N) is 3. The van der Waals surface area contributed by atoms with Gasteiger partial charge in [0.25, 0.3) is 0 Å². The van der Waals surface area contributed by atoms with Gasteiger partial charge in [-0.05, 0) is 30.3 Å². The second-order valence-electron chi connectivity index (χ2n) is 5.84. The van der Waals surface area contributed by atoms with E-state index < -0.39 is 0 Å². The lowest BCUT2D eigenvalue weighted by atomic mass is 10.0. The fourth-order valence-corrected chi connectivity index (χ4v) is 3.04. The molecule has 23 heavy (non-hydrogen) atoms. The summed E-state index contributed by atoms with van der Waals surface area (Å²) in [6.07, 6.45) is 9.45. The second kappa shape index (κ2) is 5.43. The monoisotopic (exact) mass is 306 g/mol. The fraction of sp³-hybridized carbons (Fsp3) is 0.222. The van der Waals surface area contributed by atoms with Crippen LogP contribution in [0, 0.1) is 0 Å². The van der Waals surface area contributed by atoms with Crippen molar-refractivity contribution in [1.82, 2.24) is 9.55 Å². The van der Waals surface area contributed by atoms with Crippen LogP contribution < -0.4 is 10.5 Å². The number of ether oxygens (including phenoxy) is 1. The van der Waals surface area contributed by atoms with Crippen LogP contribution in [0.15, 0.2) is 59.0 Å². The molecule has 1 aliphatic carbocycles. The number of hydrogen-bond acceptors (Lipinski definition) is 4. The Morgan fingerprint density at radius 2 is 2.09 bits per heavy atom. The zero-order chi connectivity index (χ0) is 15.8. The summed E-state index contributed by atoms with van der Waals surface area (Å²) in [7, 11) is 2.01. The molecule has 0 fully saturated rings. The van der Waals surface area contributed by atoms with E-state index in [1.165, 1.54) is 11.1 Å². The van der Waals surface area contributed by atoms with Gasteiger partial charge in [0.05, 0.1) is 5.70 Å². The second-order valence-corrected chi connectivity index (χ2v) is 5.84. The number of aliphatic imine (C=N–C) groups is 1. The van der Waals surface area contributed by atoms with Crippen LogP contribution in [0.2, 0.25) is 0 Å². The van der Waals surface area contributed by atoms with Gasteiger partial charge in [0, 0.05) is 55.3 Å². The first kappa shape index (κ1) is 13.8. The van der Waals surface area contributed by atoms with Crippen molar-refractivity contribution in [1.29, 1.82) is 0 Å². The molecule has 1 aromatic carbocycles. The van der Waals surface area contributed by atoms with Crippen molar-refractivity contribution in [3.63, 3.8) is 0 Å². The SMILES string of the molecule is Cn1ccnc1C1=CC2=C(C1)C(Oc1ccc(N)cc1)CC=N2. The Morgan fingerprint density at radius 3 is 2.83 bits per heavy atom. The molecule has 1 atom stereocenters. The normalized spacial score (nSPS) is 19.7. The lowest BCUT2D eigenvalue weighted by Gasteiger charge is -2.22. The number of anilines is 1. The van der Waals surface area contributed by atoms with Gasteiger partial charge in [0.2, 0.25) is 0 Å². The minimum atomic E-state index is 0.0140. The van der Waals surface area contributed by atoms with Gasteiger partial charge in [-0.2, -0.15) is 0 Å². The molecule has 2 aromatic rings. The molecule has 5 heteroatoms. The highest BCUT2D eigenvalue weighted by Crippen LogP contribution is 2.37. The summed E-state index contributed by atoms with van der Waals surface area (Å²) in [4.78, 5) is 8.96. The minimum Gasteiger partial charge on any atom is -0.486 e. The van der Waals surface area contributed by atoms with Gasteiger partial charge in [0.15, 0.2) is 0 Å². The Morgan fingerprint density at radius 1 is 1.26 bits per heavy atom. The maximum Gasteiger partial charge on any atom is 0.135 e. The summed E-state index contributed by atoms with van der Waals surface area (Å²) in [6.45, 7) is 0. The highest BCUT2D eigenvalue weighted by atomic mass is 16.5. The molecule has 1 aliphatic heterocycles. The molecule has 0 spiro atoms. The highest BCUT2D eigenvalue weighted by molar-refractivity contribution is 5.76. The van der Waals surface area contributed by atoms with Crippen molar-refractivity contribution < 1.29 is 4.74 Å². The largest absolute Gasteiger partial charge is 0.486 e. The van der Waals surface area contributed by atoms with E-state index >= 15 is 0 Å². The quantitative estimate of drug-likeness (QED) is 0.887. The van der Waals surface area contributed by atoms with Gasteiger partial charge in [-0.1, -0.05) is 0 Å². The van der Waals surface area contributed by atoms with Gasteiger partial charge in [-0.25, -0.2) is 4.98 Å². The maximum atomic E-state index is 6.15. The zero-order valence-electron chi connectivity index (χ0n) is 12.9. The third kappa shape index (κ3) is 2.54. The number of hydrogen-bond donors (Lipinski definition) is 1. The Bertz CT molecular complexity index is 827. The van der Waals surface area contributed by atoms with Crippen LogP contribution in [0.3, 0.4) is 0 Å². The van der Waals surface area contributed by atoms with Gasteiger partial charge in [-0.3, -0.25) is 4.99 Å². The first-order valence-electron chi connectivity index (χ1n) is 7.67. The van der Waals surface area contributed by atoms with E-state index in [1.54, 1.807) is 0 Å². The molecule has 116 valence electrons. The number of aryl methyl sites for hydroxylation is 1. The van der Waals surface area contributed by atoms with Crippen LogP contribution in [0.1, 0.15) is 18.7 Å². The smallest absolute Gasteiger partial charge is 0.135 e. The predicted molar refractivity (Wildman–Crippen MR) is 91.2 cm³/mol. The molecule has 2 N–H and O–H groups in total. The molecular formula is C18H18N4O. The van der Waals surface area contributed by atoms with Crippen molar-refractivity contribution in [2.45, 2.75) is 18.9 Å². The van der Waals surface area contributed by atoms with Gasteiger partial charge < -0.3 is 15.0 Å². The average Bonchev–Trinajstić information content (AvgIpc) is 3.15. The van der Waals surface area contributed by atoms with Gasteiger partial charge in [0.1, 0.15) is 17.7 Å². The van der Waals surface area contributed by atoms with Crippen LogP contribution in [-0.4, -0.2) is 21.9 Å². The van der Waals surface area contributed by atoms with Crippen LogP contribution in [0.25, 0.3) is 5.57 Å². The molecular weight excluding hydrogens is 288 g/mol. The summed E-state index contributed by atoms with van der Waals surface area (Å²) in [6, 6.07) is 7.52. The Balaban J connectivity index is 1.56. The van der Waals surface area contributed by atoms with Crippen molar-refractivity contribution in [2.24, 2.45) is 12.0 Å². The Hall–Kier alpha value is -2.82. The topological polar surface area (TPSA) is 65.4 Å². The molecule has 0 saturated heterocycles. The van der Waals surface area contributed by atoms with E-state index in [9.17, 15) is 0 Å². The van der Waals surface area contributed by atoms with Crippen molar-refractivity contribution in [2.75, 3.05) is 5.73 Å². The standard InChI is InChI=1S/C18H18N4O/c1-22-9-8-21-18(22)12-10-15-16(11-12)20-7-6-17(15)23-14-4-2-13(19)3-5-14/h2-5,7-9,11,17H,6,10,19H2,1H3. The van der Waals surface area contributed by atoms with E-state index in [0.717, 1.165) is 35.8 Å². The maximum absolute atomic E-state index is 6.15. The summed E-state index contributed by atoms with van der Waals surface area (Å²) in [5, 5.41) is 0. The van der Waals surface area contributed by atoms with Gasteiger partial charge >= 0.3 is 0 Å². The molecule has 0 saturated carbocycles. The van der Waals surface area contributed by atoms with Crippen LogP contribution in [-0.2, 0) is 7.05 Å². The predicted octanol–water partition coefficient (Wildman–Crippen LogP) is 2.97. The van der Waals surface area contributed by atoms with Crippen LogP contribution in [0.5, 0.6) is 5.75 Å². The molecule has 0 amide bonds. The average molecular weight is 306 g/mol. The molecule has 5 nitrogen and oxygen atoms in total. The van der Waals surface area contributed by atoms with Crippen LogP contribution >= 0.6 is 0 Å². The fourth-order valence-electron chi connectivity index (χ4n) is 3.04. The van der Waals surface area contributed by atoms with Crippen molar-refractivity contribution in [3.05, 3.63) is 59.8 Å². The Labute approximate surface area is 134 Å². The van der Waals surface area contributed by atoms with E-state index in [0.29, 0.717) is 0 Å². The number of aromatic nitrogens is 2. The van der Waals surface area contributed by atoms with E-state index in [-0.39, 0.29) is 6.10 Å². The summed E-state index contributed by atoms with van der Waals surface area (Å²) < 4.78 is 8.19. The molecule has 1 unspecified atom stereocenters. The van der Waals surface area contributed by atoms with Gasteiger partial charge in [-0.15, -0.1) is 0 Å². The summed E-state index contributed by atoms with van der Waals surface area (Å²) >= 11 is 0. The lowest BCUT2D eigenvalue weighted by molar-refractivity contribution is 0.242. The van der Waals surface area contributed by atoms with Crippen LogP contribution in [0.4, 0.5) is 5.69 Å². The number of rotatable bonds is 3. The third-order valence-corrected chi connectivity index (χ3v) is 4.23. The lowest BCUT2D eigenvalue weighted by Crippen LogP contribution is -2.22. The molecule has 2 aliphatic rings. The van der Waals surface area contributed by atoms with Crippen molar-refractivity contribution >= 4 is 17.5 Å². The van der Waals surface area contributed by atoms with E-state index in [4.69, 9.17) is 10.5 Å². The minimum absolute atomic E-state index is 0.0140. The van der Waals surface area contributed by atoms with E-state index in [2.05, 4.69) is 16.1 Å². The third-order valence-electron chi connectivity index (χ3n) is 4.23. The Kier molecular flexibility index (Phi) is 3.26. The number of allylic oxidation sites excluding steroid dienone is 2. The summed E-state index contributed by atoms with van der Waals surface area (Å²) in [5.74, 6) is 1.82. The molecule has 0 radical (unpaired) electrons.